The molecule has 1 rings (SSSR count). The van der Waals surface area contributed by atoms with E-state index in [4.69, 9.17) is 5.11 Å². The number of hydrogen-bond donors (Lipinski definition) is 2. The molecular formula is C14H19NO3S. The highest BCUT2D eigenvalue weighted by atomic mass is 32.1. The Kier molecular flexibility index (Phi) is 5.76. The van der Waals surface area contributed by atoms with E-state index in [0.29, 0.717) is 0 Å². The Bertz CT molecular complexity index is 477. The number of rotatable bonds is 6. The quantitative estimate of drug-likeness (QED) is 0.787. The average molecular weight is 281 g/mol. The van der Waals surface area contributed by atoms with Crippen LogP contribution in [0.2, 0.25) is 0 Å². The van der Waals surface area contributed by atoms with E-state index in [9.17, 15) is 9.59 Å². The summed E-state index contributed by atoms with van der Waals surface area (Å²) in [7, 11) is 0. The van der Waals surface area contributed by atoms with E-state index in [1.807, 2.05) is 32.2 Å². The molecule has 0 saturated heterocycles. The summed E-state index contributed by atoms with van der Waals surface area (Å²) in [5.41, 5.74) is 1.12. The van der Waals surface area contributed by atoms with Gasteiger partial charge in [-0.1, -0.05) is 13.8 Å². The molecule has 2 N–H and O–H groups in total. The van der Waals surface area contributed by atoms with Crippen molar-refractivity contribution in [3.63, 3.8) is 0 Å². The highest BCUT2D eigenvalue weighted by Gasteiger charge is 2.21. The molecule has 0 aliphatic rings. The van der Waals surface area contributed by atoms with Gasteiger partial charge in [-0.15, -0.1) is 11.3 Å². The smallest absolute Gasteiger partial charge is 0.308 e. The van der Waals surface area contributed by atoms with E-state index >= 15 is 0 Å². The third-order valence-electron chi connectivity index (χ3n) is 2.91. The van der Waals surface area contributed by atoms with Crippen molar-refractivity contribution >= 4 is 29.3 Å². The molecule has 1 unspecified atom stereocenters. The van der Waals surface area contributed by atoms with Crippen LogP contribution < -0.4 is 5.32 Å². The number of carboxylic acid groups (broad SMARTS) is 1. The average Bonchev–Trinajstić information content (AvgIpc) is 2.71. The molecule has 104 valence electrons. The molecule has 1 aromatic heterocycles. The zero-order valence-corrected chi connectivity index (χ0v) is 12.2. The van der Waals surface area contributed by atoms with Gasteiger partial charge in [0.25, 0.3) is 0 Å². The Labute approximate surface area is 117 Å². The second-order valence-electron chi connectivity index (χ2n) is 4.74. The van der Waals surface area contributed by atoms with Crippen LogP contribution in [0, 0.1) is 18.8 Å². The molecule has 5 heteroatoms. The van der Waals surface area contributed by atoms with Crippen LogP contribution in [0.25, 0.3) is 6.08 Å². The molecule has 0 fully saturated rings. The normalized spacial score (nSPS) is 12.8. The van der Waals surface area contributed by atoms with E-state index in [2.05, 4.69) is 5.32 Å². The van der Waals surface area contributed by atoms with Crippen LogP contribution in [0.4, 0.5) is 0 Å². The van der Waals surface area contributed by atoms with E-state index in [1.165, 1.54) is 6.08 Å². The molecule has 1 amide bonds. The Morgan fingerprint density at radius 3 is 2.63 bits per heavy atom. The molecule has 0 spiro atoms. The van der Waals surface area contributed by atoms with Crippen molar-refractivity contribution in [3.8, 4) is 0 Å². The van der Waals surface area contributed by atoms with Gasteiger partial charge in [0.15, 0.2) is 0 Å². The summed E-state index contributed by atoms with van der Waals surface area (Å²) in [5, 5.41) is 13.6. The summed E-state index contributed by atoms with van der Waals surface area (Å²) in [6.07, 6.45) is 3.19. The molecule has 0 aliphatic heterocycles. The monoisotopic (exact) mass is 281 g/mol. The van der Waals surface area contributed by atoms with Crippen LogP contribution >= 0.6 is 11.3 Å². The summed E-state index contributed by atoms with van der Waals surface area (Å²) in [5.74, 6) is -1.71. The van der Waals surface area contributed by atoms with Crippen LogP contribution in [0.5, 0.6) is 0 Å². The number of carboxylic acids is 1. The number of amides is 1. The Morgan fingerprint density at radius 2 is 2.16 bits per heavy atom. The van der Waals surface area contributed by atoms with Gasteiger partial charge in [0, 0.05) is 17.5 Å². The molecule has 4 nitrogen and oxygen atoms in total. The maximum absolute atomic E-state index is 11.6. The molecule has 0 aromatic carbocycles. The zero-order valence-electron chi connectivity index (χ0n) is 11.3. The number of carbonyl (C=O) groups is 2. The molecule has 1 heterocycles. The number of nitrogens with one attached hydrogen (secondary N) is 1. The number of hydrogen-bond acceptors (Lipinski definition) is 3. The molecule has 0 aliphatic carbocycles. The number of thiophene rings is 1. The standard InChI is InChI=1S/C14H19NO3S/c1-9(2)11(14(17)18)8-15-13(16)5-4-12-10(3)6-7-19-12/h4-7,9,11H,8H2,1-3H3,(H,15,16)(H,17,18). The van der Waals surface area contributed by atoms with E-state index < -0.39 is 11.9 Å². The molecule has 1 atom stereocenters. The van der Waals surface area contributed by atoms with Crippen molar-refractivity contribution in [2.45, 2.75) is 20.8 Å². The lowest BCUT2D eigenvalue weighted by Crippen LogP contribution is -2.34. The predicted octanol–water partition coefficient (Wildman–Crippen LogP) is 2.54. The minimum Gasteiger partial charge on any atom is -0.481 e. The SMILES string of the molecule is Cc1ccsc1C=CC(=O)NCC(C(=O)O)C(C)C. The Balaban J connectivity index is 2.50. The number of aryl methyl sites for hydroxylation is 1. The second kappa shape index (κ2) is 7.09. The number of aliphatic carboxylic acids is 1. The molecule has 0 radical (unpaired) electrons. The summed E-state index contributed by atoms with van der Waals surface area (Å²) in [4.78, 5) is 23.6. The molecular weight excluding hydrogens is 262 g/mol. The van der Waals surface area contributed by atoms with Crippen LogP contribution in [0.1, 0.15) is 24.3 Å². The van der Waals surface area contributed by atoms with Crippen molar-refractivity contribution in [2.75, 3.05) is 6.54 Å². The summed E-state index contributed by atoms with van der Waals surface area (Å²) < 4.78 is 0. The topological polar surface area (TPSA) is 66.4 Å². The molecule has 1 aromatic rings. The van der Waals surface area contributed by atoms with Crippen LogP contribution in [-0.4, -0.2) is 23.5 Å². The third kappa shape index (κ3) is 4.87. The van der Waals surface area contributed by atoms with E-state index in [1.54, 1.807) is 17.4 Å². The fourth-order valence-corrected chi connectivity index (χ4v) is 2.40. The van der Waals surface area contributed by atoms with Gasteiger partial charge < -0.3 is 10.4 Å². The summed E-state index contributed by atoms with van der Waals surface area (Å²) in [6, 6.07) is 1.99. The van der Waals surface area contributed by atoms with Gasteiger partial charge in [-0.2, -0.15) is 0 Å². The molecule has 0 saturated carbocycles. The fourth-order valence-electron chi connectivity index (χ4n) is 1.58. The highest BCUT2D eigenvalue weighted by Crippen LogP contribution is 2.16. The Hall–Kier alpha value is -1.62. The first-order valence-electron chi connectivity index (χ1n) is 6.14. The molecule has 0 bridgehead atoms. The predicted molar refractivity (Wildman–Crippen MR) is 77.1 cm³/mol. The van der Waals surface area contributed by atoms with Gasteiger partial charge in [0.2, 0.25) is 5.91 Å². The minimum atomic E-state index is -0.881. The first-order valence-corrected chi connectivity index (χ1v) is 7.02. The van der Waals surface area contributed by atoms with Crippen LogP contribution in [0.15, 0.2) is 17.5 Å². The van der Waals surface area contributed by atoms with Crippen molar-refractivity contribution in [1.29, 1.82) is 0 Å². The summed E-state index contributed by atoms with van der Waals surface area (Å²) in [6.45, 7) is 5.79. The maximum Gasteiger partial charge on any atom is 0.308 e. The van der Waals surface area contributed by atoms with E-state index in [0.717, 1.165) is 10.4 Å². The fraction of sp³-hybridized carbons (Fsp3) is 0.429. The minimum absolute atomic E-state index is 0.0127. The van der Waals surface area contributed by atoms with Crippen molar-refractivity contribution in [2.24, 2.45) is 11.8 Å². The lowest BCUT2D eigenvalue weighted by molar-refractivity contribution is -0.143. The first-order chi connectivity index (χ1) is 8.91. The Morgan fingerprint density at radius 1 is 1.47 bits per heavy atom. The van der Waals surface area contributed by atoms with Crippen LogP contribution in [0.3, 0.4) is 0 Å². The third-order valence-corrected chi connectivity index (χ3v) is 3.89. The highest BCUT2D eigenvalue weighted by molar-refractivity contribution is 7.11. The van der Waals surface area contributed by atoms with Gasteiger partial charge in [-0.3, -0.25) is 9.59 Å². The van der Waals surface area contributed by atoms with Gasteiger partial charge in [0.05, 0.1) is 5.92 Å². The van der Waals surface area contributed by atoms with Crippen molar-refractivity contribution in [1.82, 2.24) is 5.32 Å². The lowest BCUT2D eigenvalue weighted by Gasteiger charge is -2.15. The van der Waals surface area contributed by atoms with Crippen LogP contribution in [-0.2, 0) is 9.59 Å². The second-order valence-corrected chi connectivity index (χ2v) is 5.68. The van der Waals surface area contributed by atoms with Gasteiger partial charge in [-0.05, 0) is 35.9 Å². The molecule has 19 heavy (non-hydrogen) atoms. The largest absolute Gasteiger partial charge is 0.481 e. The summed E-state index contributed by atoms with van der Waals surface area (Å²) >= 11 is 1.56. The zero-order chi connectivity index (χ0) is 14.4. The van der Waals surface area contributed by atoms with Crippen molar-refractivity contribution in [3.05, 3.63) is 28.0 Å². The maximum atomic E-state index is 11.6. The van der Waals surface area contributed by atoms with Crippen molar-refractivity contribution < 1.29 is 14.7 Å². The number of carbonyl (C=O) groups excluding carboxylic acids is 1. The van der Waals surface area contributed by atoms with Gasteiger partial charge in [0.1, 0.15) is 0 Å². The van der Waals surface area contributed by atoms with Gasteiger partial charge in [-0.25, -0.2) is 0 Å². The lowest BCUT2D eigenvalue weighted by atomic mass is 9.96. The first kappa shape index (κ1) is 15.4. The van der Waals surface area contributed by atoms with E-state index in [-0.39, 0.29) is 18.4 Å². The van der Waals surface area contributed by atoms with Gasteiger partial charge >= 0.3 is 5.97 Å².